The molecule has 0 spiro atoms. The van der Waals surface area contributed by atoms with Gasteiger partial charge in [0, 0.05) is 43.3 Å². The Balaban J connectivity index is 0.00000176. The van der Waals surface area contributed by atoms with Crippen LogP contribution in [0.25, 0.3) is 0 Å². The van der Waals surface area contributed by atoms with E-state index < -0.39 is 0 Å². The number of nitrogens with zero attached hydrogens (tertiary/aromatic N) is 1. The summed E-state index contributed by atoms with van der Waals surface area (Å²) in [6.45, 7) is 3.08. The highest BCUT2D eigenvalue weighted by Crippen LogP contribution is 2.22. The number of carbonyl (C=O) groups is 2. The lowest BCUT2D eigenvalue weighted by molar-refractivity contribution is -0.114. The fourth-order valence-electron chi connectivity index (χ4n) is 3.21. The normalized spacial score (nSPS) is 23.4. The molecule has 3 rings (SSSR count). The monoisotopic (exact) mass is 323 g/mol. The molecule has 2 unspecified atom stereocenters. The third kappa shape index (κ3) is 3.78. The van der Waals surface area contributed by atoms with E-state index in [0.29, 0.717) is 17.6 Å². The number of nitrogens with one attached hydrogen (secondary N) is 2. The van der Waals surface area contributed by atoms with Crippen LogP contribution in [0.2, 0.25) is 0 Å². The van der Waals surface area contributed by atoms with Crippen LogP contribution in [-0.4, -0.2) is 41.9 Å². The molecule has 22 heavy (non-hydrogen) atoms. The first-order valence-corrected chi connectivity index (χ1v) is 7.55. The van der Waals surface area contributed by atoms with E-state index in [9.17, 15) is 9.59 Å². The Morgan fingerprint density at radius 2 is 1.82 bits per heavy atom. The molecule has 120 valence electrons. The van der Waals surface area contributed by atoms with Crippen molar-refractivity contribution in [2.24, 2.45) is 0 Å². The van der Waals surface area contributed by atoms with Crippen LogP contribution in [0.3, 0.4) is 0 Å². The quantitative estimate of drug-likeness (QED) is 0.875. The number of halogens is 1. The van der Waals surface area contributed by atoms with Crippen LogP contribution >= 0.6 is 12.4 Å². The number of benzene rings is 1. The summed E-state index contributed by atoms with van der Waals surface area (Å²) < 4.78 is 0. The Hall–Kier alpha value is -1.59. The number of hydrogen-bond donors (Lipinski definition) is 2. The molecule has 0 aromatic heterocycles. The molecule has 2 amide bonds. The molecule has 6 heteroatoms. The van der Waals surface area contributed by atoms with Gasteiger partial charge in [0.2, 0.25) is 5.91 Å². The van der Waals surface area contributed by atoms with E-state index in [1.807, 2.05) is 4.90 Å². The van der Waals surface area contributed by atoms with Gasteiger partial charge in [0.05, 0.1) is 0 Å². The van der Waals surface area contributed by atoms with Gasteiger partial charge in [-0.2, -0.15) is 0 Å². The second-order valence-corrected chi connectivity index (χ2v) is 5.94. The first kappa shape index (κ1) is 16.8. The summed E-state index contributed by atoms with van der Waals surface area (Å²) in [4.78, 5) is 25.5. The van der Waals surface area contributed by atoms with Gasteiger partial charge in [0.1, 0.15) is 0 Å². The highest BCUT2D eigenvalue weighted by atomic mass is 35.5. The van der Waals surface area contributed by atoms with E-state index in [4.69, 9.17) is 0 Å². The van der Waals surface area contributed by atoms with Gasteiger partial charge in [-0.25, -0.2) is 0 Å². The zero-order valence-electron chi connectivity index (χ0n) is 12.7. The van der Waals surface area contributed by atoms with E-state index >= 15 is 0 Å². The van der Waals surface area contributed by atoms with Crippen molar-refractivity contribution < 1.29 is 9.59 Å². The maximum absolute atomic E-state index is 12.6. The average Bonchev–Trinajstić information content (AvgIpc) is 2.78. The Labute approximate surface area is 136 Å². The Bertz CT molecular complexity index is 547. The molecular weight excluding hydrogens is 302 g/mol. The maximum Gasteiger partial charge on any atom is 0.253 e. The number of anilines is 1. The maximum atomic E-state index is 12.6. The van der Waals surface area contributed by atoms with Crippen molar-refractivity contribution in [1.29, 1.82) is 0 Å². The molecule has 2 aliphatic heterocycles. The van der Waals surface area contributed by atoms with Crippen molar-refractivity contribution in [1.82, 2.24) is 10.2 Å². The molecule has 2 saturated heterocycles. The number of hydrogen-bond acceptors (Lipinski definition) is 3. The van der Waals surface area contributed by atoms with Crippen LogP contribution in [0.4, 0.5) is 5.69 Å². The second-order valence-electron chi connectivity index (χ2n) is 5.94. The van der Waals surface area contributed by atoms with Crippen LogP contribution in [0.5, 0.6) is 0 Å². The van der Waals surface area contributed by atoms with Crippen molar-refractivity contribution >= 4 is 29.9 Å². The summed E-state index contributed by atoms with van der Waals surface area (Å²) in [6.07, 6.45) is 3.43. The number of likely N-dealkylation sites (tertiary alicyclic amines) is 1. The molecule has 0 aliphatic carbocycles. The van der Waals surface area contributed by atoms with Gasteiger partial charge in [0.15, 0.2) is 0 Å². The minimum atomic E-state index is -0.108. The smallest absolute Gasteiger partial charge is 0.253 e. The lowest BCUT2D eigenvalue weighted by Gasteiger charge is -2.24. The molecule has 2 N–H and O–H groups in total. The van der Waals surface area contributed by atoms with E-state index in [2.05, 4.69) is 10.6 Å². The van der Waals surface area contributed by atoms with Crippen LogP contribution in [0.15, 0.2) is 24.3 Å². The van der Waals surface area contributed by atoms with Crippen molar-refractivity contribution in [2.75, 3.05) is 18.4 Å². The lowest BCUT2D eigenvalue weighted by atomic mass is 10.1. The zero-order chi connectivity index (χ0) is 14.8. The Morgan fingerprint density at radius 3 is 2.50 bits per heavy atom. The molecule has 0 radical (unpaired) electrons. The van der Waals surface area contributed by atoms with Gasteiger partial charge >= 0.3 is 0 Å². The van der Waals surface area contributed by atoms with Gasteiger partial charge in [-0.15, -0.1) is 12.4 Å². The van der Waals surface area contributed by atoms with Crippen molar-refractivity contribution in [3.05, 3.63) is 29.8 Å². The average molecular weight is 324 g/mol. The SMILES string of the molecule is CC(=O)Nc1ccc(C(=O)N2CCC3CCC(C2)N3)cc1.Cl. The summed E-state index contributed by atoms with van der Waals surface area (Å²) in [5.74, 6) is -0.0255. The molecule has 2 heterocycles. The molecule has 2 bridgehead atoms. The minimum absolute atomic E-state index is 0. The van der Waals surface area contributed by atoms with E-state index in [1.54, 1.807) is 24.3 Å². The van der Waals surface area contributed by atoms with Gasteiger partial charge < -0.3 is 15.5 Å². The fraction of sp³-hybridized carbons (Fsp3) is 0.500. The first-order chi connectivity index (χ1) is 10.1. The van der Waals surface area contributed by atoms with Crippen molar-refractivity contribution in [2.45, 2.75) is 38.3 Å². The summed E-state index contributed by atoms with van der Waals surface area (Å²) in [6, 6.07) is 8.14. The Morgan fingerprint density at radius 1 is 1.14 bits per heavy atom. The van der Waals surface area contributed by atoms with E-state index in [1.165, 1.54) is 13.3 Å². The van der Waals surface area contributed by atoms with Gasteiger partial charge in [0.25, 0.3) is 5.91 Å². The third-order valence-corrected chi connectivity index (χ3v) is 4.26. The summed E-state index contributed by atoms with van der Waals surface area (Å²) in [5, 5.41) is 6.29. The lowest BCUT2D eigenvalue weighted by Crippen LogP contribution is -2.39. The largest absolute Gasteiger partial charge is 0.337 e. The molecular formula is C16H22ClN3O2. The highest BCUT2D eigenvalue weighted by Gasteiger charge is 2.31. The molecule has 5 nitrogen and oxygen atoms in total. The number of carbonyl (C=O) groups excluding carboxylic acids is 2. The summed E-state index contributed by atoms with van der Waals surface area (Å²) in [7, 11) is 0. The number of rotatable bonds is 2. The molecule has 1 aromatic carbocycles. The van der Waals surface area contributed by atoms with Crippen molar-refractivity contribution in [3.8, 4) is 0 Å². The van der Waals surface area contributed by atoms with E-state index in [0.717, 1.165) is 31.6 Å². The predicted molar refractivity (Wildman–Crippen MR) is 88.5 cm³/mol. The van der Waals surface area contributed by atoms with Gasteiger partial charge in [-0.3, -0.25) is 9.59 Å². The molecule has 2 aliphatic rings. The molecule has 2 atom stereocenters. The van der Waals surface area contributed by atoms with Gasteiger partial charge in [-0.05, 0) is 43.5 Å². The summed E-state index contributed by atoms with van der Waals surface area (Å²) >= 11 is 0. The predicted octanol–water partition coefficient (Wildman–Crippen LogP) is 2.03. The van der Waals surface area contributed by atoms with Crippen LogP contribution in [0, 0.1) is 0 Å². The fourth-order valence-corrected chi connectivity index (χ4v) is 3.21. The van der Waals surface area contributed by atoms with Gasteiger partial charge in [-0.1, -0.05) is 0 Å². The number of amides is 2. The topological polar surface area (TPSA) is 61.4 Å². The third-order valence-electron chi connectivity index (χ3n) is 4.26. The van der Waals surface area contributed by atoms with E-state index in [-0.39, 0.29) is 24.2 Å². The number of fused-ring (bicyclic) bond motifs is 2. The standard InChI is InChI=1S/C16H21N3O2.ClH/c1-11(20)17-13-4-2-12(3-5-13)16(21)19-9-8-14-6-7-15(10-19)18-14;/h2-5,14-15,18H,6-10H2,1H3,(H,17,20);1H. The zero-order valence-corrected chi connectivity index (χ0v) is 13.5. The van der Waals surface area contributed by atoms with Crippen LogP contribution in [-0.2, 0) is 4.79 Å². The van der Waals surface area contributed by atoms with Crippen LogP contribution < -0.4 is 10.6 Å². The summed E-state index contributed by atoms with van der Waals surface area (Å²) in [5.41, 5.74) is 1.40. The highest BCUT2D eigenvalue weighted by molar-refractivity contribution is 5.95. The second kappa shape index (κ2) is 7.11. The first-order valence-electron chi connectivity index (χ1n) is 7.55. The van der Waals surface area contributed by atoms with Crippen LogP contribution in [0.1, 0.15) is 36.5 Å². The minimum Gasteiger partial charge on any atom is -0.337 e. The van der Waals surface area contributed by atoms with Crippen molar-refractivity contribution in [3.63, 3.8) is 0 Å². The molecule has 1 aromatic rings. The Kier molecular flexibility index (Phi) is 5.42. The molecule has 0 saturated carbocycles. The molecule has 2 fully saturated rings.